The van der Waals surface area contributed by atoms with Crippen LogP contribution in [0.15, 0.2) is 36.4 Å². The van der Waals surface area contributed by atoms with Gasteiger partial charge < -0.3 is 14.2 Å². The van der Waals surface area contributed by atoms with E-state index in [0.717, 1.165) is 11.3 Å². The van der Waals surface area contributed by atoms with Crippen LogP contribution in [-0.4, -0.2) is 31.3 Å². The minimum Gasteiger partial charge on any atom is -0.497 e. The average molecular weight is 331 g/mol. The highest BCUT2D eigenvalue weighted by atomic mass is 35.5. The van der Waals surface area contributed by atoms with Crippen LogP contribution < -0.4 is 14.2 Å². The van der Waals surface area contributed by atoms with E-state index in [-0.39, 0.29) is 0 Å². The molecule has 1 aromatic heterocycles. The van der Waals surface area contributed by atoms with E-state index >= 15 is 0 Å². The first-order valence-corrected chi connectivity index (χ1v) is 7.27. The van der Waals surface area contributed by atoms with Crippen LogP contribution >= 0.6 is 11.6 Å². The summed E-state index contributed by atoms with van der Waals surface area (Å²) in [6.45, 7) is 0. The lowest BCUT2D eigenvalue weighted by Crippen LogP contribution is -1.95. The van der Waals surface area contributed by atoms with Crippen molar-refractivity contribution in [3.63, 3.8) is 0 Å². The van der Waals surface area contributed by atoms with Crippen molar-refractivity contribution in [1.82, 2.24) is 9.97 Å². The zero-order chi connectivity index (χ0) is 16.4. The highest BCUT2D eigenvalue weighted by Crippen LogP contribution is 2.35. The monoisotopic (exact) mass is 330 g/mol. The van der Waals surface area contributed by atoms with Gasteiger partial charge in [0.1, 0.15) is 10.9 Å². The number of methoxy groups -OCH3 is 3. The fraction of sp³-hybridized carbons (Fsp3) is 0.176. The molecular formula is C17H15ClN2O3. The average Bonchev–Trinajstić information content (AvgIpc) is 2.60. The third kappa shape index (κ3) is 2.87. The molecule has 0 N–H and O–H groups in total. The molecule has 0 aliphatic heterocycles. The predicted octanol–water partition coefficient (Wildman–Crippen LogP) is 3.98. The van der Waals surface area contributed by atoms with Crippen LogP contribution in [0, 0.1) is 0 Å². The Bertz CT molecular complexity index is 868. The van der Waals surface area contributed by atoms with Crippen molar-refractivity contribution in [1.29, 1.82) is 0 Å². The molecule has 23 heavy (non-hydrogen) atoms. The predicted molar refractivity (Wildman–Crippen MR) is 89.6 cm³/mol. The summed E-state index contributed by atoms with van der Waals surface area (Å²) in [7, 11) is 4.77. The number of nitrogens with zero attached hydrogens (tertiary/aromatic N) is 2. The summed E-state index contributed by atoms with van der Waals surface area (Å²) in [5, 5.41) is 1.06. The minimum atomic E-state index is 0.355. The van der Waals surface area contributed by atoms with E-state index in [2.05, 4.69) is 9.97 Å². The second-order valence-electron chi connectivity index (χ2n) is 4.79. The number of hydrogen-bond acceptors (Lipinski definition) is 5. The SMILES string of the molecule is COc1cccc(-c2nc(Cl)c3cc(OC)c(OC)cc3n2)c1. The third-order valence-electron chi connectivity index (χ3n) is 3.48. The van der Waals surface area contributed by atoms with Crippen LogP contribution in [0.1, 0.15) is 0 Å². The number of fused-ring (bicyclic) bond motifs is 1. The number of halogens is 1. The van der Waals surface area contributed by atoms with Crippen LogP contribution in [0.2, 0.25) is 5.15 Å². The third-order valence-corrected chi connectivity index (χ3v) is 3.77. The molecule has 0 fully saturated rings. The minimum absolute atomic E-state index is 0.355. The van der Waals surface area contributed by atoms with Crippen molar-refractivity contribution < 1.29 is 14.2 Å². The van der Waals surface area contributed by atoms with E-state index in [1.165, 1.54) is 0 Å². The maximum absolute atomic E-state index is 6.33. The Kier molecular flexibility index (Phi) is 4.21. The Hall–Kier alpha value is -2.53. The molecular weight excluding hydrogens is 316 g/mol. The molecule has 0 bridgehead atoms. The molecule has 0 amide bonds. The van der Waals surface area contributed by atoms with Gasteiger partial charge in [-0.25, -0.2) is 9.97 Å². The van der Waals surface area contributed by atoms with Crippen molar-refractivity contribution in [2.75, 3.05) is 21.3 Å². The van der Waals surface area contributed by atoms with Gasteiger partial charge >= 0.3 is 0 Å². The topological polar surface area (TPSA) is 53.5 Å². The van der Waals surface area contributed by atoms with E-state index in [1.807, 2.05) is 24.3 Å². The van der Waals surface area contributed by atoms with Crippen LogP contribution in [0.4, 0.5) is 0 Å². The summed E-state index contributed by atoms with van der Waals surface area (Å²) in [5.41, 5.74) is 1.50. The van der Waals surface area contributed by atoms with E-state index in [0.29, 0.717) is 33.4 Å². The smallest absolute Gasteiger partial charge is 0.162 e. The Morgan fingerprint density at radius 2 is 1.61 bits per heavy atom. The molecule has 0 saturated carbocycles. The highest BCUT2D eigenvalue weighted by Gasteiger charge is 2.13. The Balaban J connectivity index is 2.20. The maximum Gasteiger partial charge on any atom is 0.162 e. The van der Waals surface area contributed by atoms with Crippen molar-refractivity contribution in [2.24, 2.45) is 0 Å². The maximum atomic E-state index is 6.33. The van der Waals surface area contributed by atoms with Crippen LogP contribution in [0.5, 0.6) is 17.2 Å². The number of hydrogen-bond donors (Lipinski definition) is 0. The lowest BCUT2D eigenvalue weighted by molar-refractivity contribution is 0.356. The molecule has 5 nitrogen and oxygen atoms in total. The van der Waals surface area contributed by atoms with Gasteiger partial charge in [0.2, 0.25) is 0 Å². The molecule has 0 saturated heterocycles. The lowest BCUT2D eigenvalue weighted by atomic mass is 10.1. The highest BCUT2D eigenvalue weighted by molar-refractivity contribution is 6.34. The molecule has 0 spiro atoms. The summed E-state index contributed by atoms with van der Waals surface area (Å²) in [5.74, 6) is 2.43. The summed E-state index contributed by atoms with van der Waals surface area (Å²) >= 11 is 6.33. The normalized spacial score (nSPS) is 10.6. The van der Waals surface area contributed by atoms with Gasteiger partial charge in [-0.3, -0.25) is 0 Å². The number of aromatic nitrogens is 2. The van der Waals surface area contributed by atoms with Gasteiger partial charge in [-0.1, -0.05) is 23.7 Å². The molecule has 0 unspecified atom stereocenters. The van der Waals surface area contributed by atoms with Gasteiger partial charge in [-0.15, -0.1) is 0 Å². The van der Waals surface area contributed by atoms with Gasteiger partial charge in [0.05, 0.1) is 26.8 Å². The van der Waals surface area contributed by atoms with Crippen molar-refractivity contribution in [2.45, 2.75) is 0 Å². The molecule has 118 valence electrons. The lowest BCUT2D eigenvalue weighted by Gasteiger charge is -2.11. The molecule has 1 heterocycles. The standard InChI is InChI=1S/C17H15ClN2O3/c1-21-11-6-4-5-10(7-11)17-19-13-9-15(23-3)14(22-2)8-12(13)16(18)20-17/h4-9H,1-3H3. The fourth-order valence-electron chi connectivity index (χ4n) is 2.31. The van der Waals surface area contributed by atoms with Gasteiger partial charge in [0.25, 0.3) is 0 Å². The van der Waals surface area contributed by atoms with E-state index in [4.69, 9.17) is 25.8 Å². The molecule has 0 radical (unpaired) electrons. The Morgan fingerprint density at radius 3 is 2.30 bits per heavy atom. The molecule has 0 atom stereocenters. The first kappa shape index (κ1) is 15.4. The zero-order valence-corrected chi connectivity index (χ0v) is 13.7. The van der Waals surface area contributed by atoms with Crippen LogP contribution in [-0.2, 0) is 0 Å². The first-order valence-electron chi connectivity index (χ1n) is 6.90. The Morgan fingerprint density at radius 1 is 0.870 bits per heavy atom. The van der Waals surface area contributed by atoms with Crippen molar-refractivity contribution in [3.05, 3.63) is 41.6 Å². The second-order valence-corrected chi connectivity index (χ2v) is 5.15. The van der Waals surface area contributed by atoms with Gasteiger partial charge in [0.15, 0.2) is 17.3 Å². The van der Waals surface area contributed by atoms with Crippen molar-refractivity contribution in [3.8, 4) is 28.6 Å². The van der Waals surface area contributed by atoms with Gasteiger partial charge in [-0.05, 0) is 18.2 Å². The van der Waals surface area contributed by atoms with E-state index in [1.54, 1.807) is 33.5 Å². The quantitative estimate of drug-likeness (QED) is 0.677. The molecule has 2 aromatic carbocycles. The number of ether oxygens (including phenoxy) is 3. The number of rotatable bonds is 4. The van der Waals surface area contributed by atoms with E-state index in [9.17, 15) is 0 Å². The zero-order valence-electron chi connectivity index (χ0n) is 13.0. The van der Waals surface area contributed by atoms with Crippen molar-refractivity contribution >= 4 is 22.5 Å². The summed E-state index contributed by atoms with van der Waals surface area (Å²) in [6.07, 6.45) is 0. The van der Waals surface area contributed by atoms with Crippen LogP contribution in [0.3, 0.4) is 0 Å². The first-order chi connectivity index (χ1) is 11.2. The van der Waals surface area contributed by atoms with E-state index < -0.39 is 0 Å². The molecule has 3 aromatic rings. The molecule has 0 aliphatic carbocycles. The summed E-state index contributed by atoms with van der Waals surface area (Å²) < 4.78 is 15.8. The van der Waals surface area contributed by atoms with Crippen LogP contribution in [0.25, 0.3) is 22.3 Å². The fourth-order valence-corrected chi connectivity index (χ4v) is 2.54. The summed E-state index contributed by atoms with van der Waals surface area (Å²) in [6, 6.07) is 11.1. The number of benzene rings is 2. The molecule has 0 aliphatic rings. The molecule has 6 heteroatoms. The molecule has 3 rings (SSSR count). The second kappa shape index (κ2) is 6.30. The Labute approximate surface area is 138 Å². The summed E-state index contributed by atoms with van der Waals surface area (Å²) in [4.78, 5) is 8.96. The van der Waals surface area contributed by atoms with Gasteiger partial charge in [0, 0.05) is 17.0 Å². The largest absolute Gasteiger partial charge is 0.497 e. The van der Waals surface area contributed by atoms with Gasteiger partial charge in [-0.2, -0.15) is 0 Å².